The van der Waals surface area contributed by atoms with E-state index in [0.29, 0.717) is 27.8 Å². The van der Waals surface area contributed by atoms with Gasteiger partial charge in [0.2, 0.25) is 5.91 Å². The SMILES string of the molecule is COc1cc(/C=C2/SC(=O)N(CC(=O)Nc3c(C)cc(C)cc3C)C2=O)ccc1OCc1ccccc1Cl. The highest BCUT2D eigenvalue weighted by Crippen LogP contribution is 2.35. The van der Waals surface area contributed by atoms with Crippen molar-refractivity contribution in [2.45, 2.75) is 27.4 Å². The first-order chi connectivity index (χ1) is 18.2. The van der Waals surface area contributed by atoms with Gasteiger partial charge in [-0.25, -0.2) is 0 Å². The Morgan fingerprint density at radius 1 is 1.03 bits per heavy atom. The molecule has 1 heterocycles. The molecule has 1 N–H and O–H groups in total. The van der Waals surface area contributed by atoms with Crippen molar-refractivity contribution in [2.75, 3.05) is 19.0 Å². The molecular weight excluding hydrogens is 524 g/mol. The number of anilines is 1. The first kappa shape index (κ1) is 27.3. The molecule has 1 saturated heterocycles. The van der Waals surface area contributed by atoms with Gasteiger partial charge in [0.25, 0.3) is 11.1 Å². The zero-order valence-electron chi connectivity index (χ0n) is 21.5. The normalized spacial score (nSPS) is 14.2. The Balaban J connectivity index is 1.45. The number of aryl methyl sites for hydroxylation is 3. The number of hydrogen-bond acceptors (Lipinski definition) is 6. The molecule has 3 aromatic carbocycles. The van der Waals surface area contributed by atoms with E-state index in [2.05, 4.69) is 5.32 Å². The van der Waals surface area contributed by atoms with Gasteiger partial charge in [0.05, 0.1) is 12.0 Å². The van der Waals surface area contributed by atoms with Gasteiger partial charge in [-0.15, -0.1) is 0 Å². The highest BCUT2D eigenvalue weighted by Gasteiger charge is 2.36. The lowest BCUT2D eigenvalue weighted by Crippen LogP contribution is -2.36. The molecule has 0 radical (unpaired) electrons. The minimum Gasteiger partial charge on any atom is -0.493 e. The van der Waals surface area contributed by atoms with Gasteiger partial charge in [0.1, 0.15) is 13.2 Å². The van der Waals surface area contributed by atoms with Gasteiger partial charge in [-0.2, -0.15) is 0 Å². The molecule has 0 aliphatic carbocycles. The molecule has 1 aliphatic rings. The summed E-state index contributed by atoms with van der Waals surface area (Å²) in [7, 11) is 1.52. The highest BCUT2D eigenvalue weighted by atomic mass is 35.5. The second kappa shape index (κ2) is 11.8. The molecule has 0 unspecified atom stereocenters. The fraction of sp³-hybridized carbons (Fsp3) is 0.207. The standard InChI is InChI=1S/C29H27ClN2O5S/c1-17-11-18(2)27(19(3)12-17)31-26(33)15-32-28(34)25(38-29(32)35)14-20-9-10-23(24(13-20)36-4)37-16-21-7-5-6-8-22(21)30/h5-14H,15-16H2,1-4H3,(H,31,33)/b25-14+. The van der Waals surface area contributed by atoms with Crippen LogP contribution in [0.4, 0.5) is 10.5 Å². The number of halogens is 1. The summed E-state index contributed by atoms with van der Waals surface area (Å²) in [6, 6.07) is 16.5. The second-order valence-corrected chi connectivity index (χ2v) is 10.3. The summed E-state index contributed by atoms with van der Waals surface area (Å²) in [5.74, 6) is 0.0140. The summed E-state index contributed by atoms with van der Waals surface area (Å²) >= 11 is 7.00. The van der Waals surface area contributed by atoms with Crippen LogP contribution in [0.1, 0.15) is 27.8 Å². The quantitative estimate of drug-likeness (QED) is 0.321. The van der Waals surface area contributed by atoms with Gasteiger partial charge in [-0.1, -0.05) is 53.6 Å². The second-order valence-electron chi connectivity index (χ2n) is 8.88. The summed E-state index contributed by atoms with van der Waals surface area (Å²) in [5.41, 5.74) is 5.09. The molecule has 4 rings (SSSR count). The average molecular weight is 551 g/mol. The number of thioether (sulfide) groups is 1. The van der Waals surface area contributed by atoms with Crippen LogP contribution in [-0.4, -0.2) is 35.6 Å². The Labute approximate surface area is 230 Å². The Morgan fingerprint density at radius 2 is 1.74 bits per heavy atom. The number of carbonyl (C=O) groups is 3. The van der Waals surface area contributed by atoms with Gasteiger partial charge < -0.3 is 14.8 Å². The molecule has 0 atom stereocenters. The van der Waals surface area contributed by atoms with E-state index in [9.17, 15) is 14.4 Å². The lowest BCUT2D eigenvalue weighted by molar-refractivity contribution is -0.127. The molecule has 7 nitrogen and oxygen atoms in total. The van der Waals surface area contributed by atoms with Gasteiger partial charge in [0, 0.05) is 16.3 Å². The molecule has 0 spiro atoms. The van der Waals surface area contributed by atoms with E-state index < -0.39 is 17.1 Å². The third-order valence-electron chi connectivity index (χ3n) is 5.94. The van der Waals surface area contributed by atoms with Crippen molar-refractivity contribution >= 4 is 52.2 Å². The number of carbonyl (C=O) groups excluding carboxylic acids is 3. The number of nitrogens with zero attached hydrogens (tertiary/aromatic N) is 1. The summed E-state index contributed by atoms with van der Waals surface area (Å²) in [4.78, 5) is 39.4. The number of methoxy groups -OCH3 is 1. The van der Waals surface area contributed by atoms with Crippen molar-refractivity contribution in [3.05, 3.63) is 92.3 Å². The largest absolute Gasteiger partial charge is 0.493 e. The average Bonchev–Trinajstić information content (AvgIpc) is 3.13. The summed E-state index contributed by atoms with van der Waals surface area (Å²) in [5, 5.41) is 2.94. The van der Waals surface area contributed by atoms with Crippen LogP contribution in [0.25, 0.3) is 6.08 Å². The third-order valence-corrected chi connectivity index (χ3v) is 7.22. The molecule has 0 saturated carbocycles. The topological polar surface area (TPSA) is 84.9 Å². The maximum Gasteiger partial charge on any atom is 0.294 e. The van der Waals surface area contributed by atoms with Gasteiger partial charge in [-0.3, -0.25) is 19.3 Å². The van der Waals surface area contributed by atoms with Crippen LogP contribution in [0.2, 0.25) is 5.02 Å². The van der Waals surface area contributed by atoms with E-state index in [0.717, 1.165) is 38.9 Å². The fourth-order valence-corrected chi connectivity index (χ4v) is 5.18. The molecule has 1 fully saturated rings. The molecule has 3 amide bonds. The number of imide groups is 1. The van der Waals surface area contributed by atoms with Crippen LogP contribution in [0.15, 0.2) is 59.5 Å². The van der Waals surface area contributed by atoms with Crippen LogP contribution in [0, 0.1) is 20.8 Å². The molecule has 0 aromatic heterocycles. The maximum atomic E-state index is 13.0. The van der Waals surface area contributed by atoms with Gasteiger partial charge >= 0.3 is 0 Å². The van der Waals surface area contributed by atoms with Crippen LogP contribution < -0.4 is 14.8 Å². The monoisotopic (exact) mass is 550 g/mol. The van der Waals surface area contributed by atoms with Crippen LogP contribution in [0.3, 0.4) is 0 Å². The molecule has 38 heavy (non-hydrogen) atoms. The van der Waals surface area contributed by atoms with E-state index in [-0.39, 0.29) is 18.1 Å². The lowest BCUT2D eigenvalue weighted by atomic mass is 10.1. The number of nitrogens with one attached hydrogen (secondary N) is 1. The van der Waals surface area contributed by atoms with Crippen molar-refractivity contribution in [3.63, 3.8) is 0 Å². The Hall–Kier alpha value is -3.75. The Kier molecular flexibility index (Phi) is 8.44. The fourth-order valence-electron chi connectivity index (χ4n) is 4.15. The summed E-state index contributed by atoms with van der Waals surface area (Å²) < 4.78 is 11.3. The minimum absolute atomic E-state index is 0.220. The zero-order valence-corrected chi connectivity index (χ0v) is 23.0. The minimum atomic E-state index is -0.523. The molecule has 9 heteroatoms. The lowest BCUT2D eigenvalue weighted by Gasteiger charge is -2.16. The van der Waals surface area contributed by atoms with Crippen LogP contribution in [-0.2, 0) is 16.2 Å². The van der Waals surface area contributed by atoms with Crippen LogP contribution in [0.5, 0.6) is 11.5 Å². The van der Waals surface area contributed by atoms with Crippen molar-refractivity contribution < 1.29 is 23.9 Å². The number of hydrogen-bond donors (Lipinski definition) is 1. The zero-order chi connectivity index (χ0) is 27.4. The molecule has 3 aromatic rings. The highest BCUT2D eigenvalue weighted by molar-refractivity contribution is 8.18. The smallest absolute Gasteiger partial charge is 0.294 e. The van der Waals surface area contributed by atoms with E-state index >= 15 is 0 Å². The predicted octanol–water partition coefficient (Wildman–Crippen LogP) is 6.53. The van der Waals surface area contributed by atoms with Crippen molar-refractivity contribution in [1.29, 1.82) is 0 Å². The van der Waals surface area contributed by atoms with Crippen molar-refractivity contribution in [1.82, 2.24) is 4.90 Å². The van der Waals surface area contributed by atoms with E-state index in [4.69, 9.17) is 21.1 Å². The van der Waals surface area contributed by atoms with E-state index in [1.54, 1.807) is 30.3 Å². The van der Waals surface area contributed by atoms with Crippen LogP contribution >= 0.6 is 23.4 Å². The number of rotatable bonds is 8. The first-order valence-electron chi connectivity index (χ1n) is 11.8. The van der Waals surface area contributed by atoms with Gasteiger partial charge in [0.15, 0.2) is 11.5 Å². The predicted molar refractivity (Wildman–Crippen MR) is 151 cm³/mol. The molecule has 1 aliphatic heterocycles. The van der Waals surface area contributed by atoms with E-state index in [1.165, 1.54) is 7.11 Å². The number of amides is 3. The molecule has 196 valence electrons. The number of ether oxygens (including phenoxy) is 2. The molecule has 0 bridgehead atoms. The summed E-state index contributed by atoms with van der Waals surface area (Å²) in [6.45, 7) is 5.68. The maximum absolute atomic E-state index is 13.0. The number of benzene rings is 3. The van der Waals surface area contributed by atoms with Gasteiger partial charge in [-0.05, 0) is 73.5 Å². The van der Waals surface area contributed by atoms with Crippen molar-refractivity contribution in [3.8, 4) is 11.5 Å². The Bertz CT molecular complexity index is 1430. The van der Waals surface area contributed by atoms with E-state index in [1.807, 2.05) is 51.1 Å². The Morgan fingerprint density at radius 3 is 2.42 bits per heavy atom. The van der Waals surface area contributed by atoms with Crippen molar-refractivity contribution in [2.24, 2.45) is 0 Å². The molecular formula is C29H27ClN2O5S. The third kappa shape index (κ3) is 6.20. The summed E-state index contributed by atoms with van der Waals surface area (Å²) in [6.07, 6.45) is 1.59. The first-order valence-corrected chi connectivity index (χ1v) is 13.0.